The predicted molar refractivity (Wildman–Crippen MR) is 99.3 cm³/mol. The molecule has 0 aromatic heterocycles. The Bertz CT molecular complexity index is 626. The van der Waals surface area contributed by atoms with E-state index < -0.39 is 35.8 Å². The lowest BCUT2D eigenvalue weighted by Gasteiger charge is -2.34. The topological polar surface area (TPSA) is 131 Å². The molecule has 0 bridgehead atoms. The molecule has 0 aliphatic carbocycles. The van der Waals surface area contributed by atoms with Gasteiger partial charge in [-0.15, -0.1) is 0 Å². The zero-order chi connectivity index (χ0) is 21.1. The van der Waals surface area contributed by atoms with E-state index in [1.165, 1.54) is 11.9 Å². The Kier molecular flexibility index (Phi) is 7.00. The quantitative estimate of drug-likeness (QED) is 0.618. The van der Waals surface area contributed by atoms with Gasteiger partial charge in [-0.25, -0.2) is 4.79 Å². The van der Waals surface area contributed by atoms with Crippen molar-refractivity contribution >= 4 is 23.6 Å². The van der Waals surface area contributed by atoms with Crippen molar-refractivity contribution in [1.29, 1.82) is 0 Å². The monoisotopic (exact) mass is 398 g/mol. The number of hydrogen-bond acceptors (Lipinski definition) is 6. The lowest BCUT2D eigenvalue weighted by Crippen LogP contribution is -2.58. The molecule has 0 spiro atoms. The number of amides is 4. The number of nitrogens with two attached hydrogens (primary N) is 1. The van der Waals surface area contributed by atoms with Gasteiger partial charge in [0.25, 0.3) is 0 Å². The number of hydrogen-bond donors (Lipinski definition) is 2. The van der Waals surface area contributed by atoms with Gasteiger partial charge in [-0.2, -0.15) is 0 Å². The number of primary amides is 1. The third-order valence-electron chi connectivity index (χ3n) is 4.78. The fourth-order valence-electron chi connectivity index (χ4n) is 3.38. The Balaban J connectivity index is 2.16. The molecule has 0 saturated carbocycles. The van der Waals surface area contributed by atoms with Gasteiger partial charge in [0, 0.05) is 20.1 Å². The van der Waals surface area contributed by atoms with Crippen molar-refractivity contribution in [2.45, 2.75) is 45.4 Å². The molecule has 10 heteroatoms. The minimum atomic E-state index is -1.19. The van der Waals surface area contributed by atoms with E-state index in [4.69, 9.17) is 15.2 Å². The van der Waals surface area contributed by atoms with Crippen LogP contribution in [-0.4, -0.2) is 91.6 Å². The van der Waals surface area contributed by atoms with Gasteiger partial charge in [-0.3, -0.25) is 14.4 Å². The first-order chi connectivity index (χ1) is 13.0. The standard InChI is InChI=1S/C18H30N4O6/c1-18(2,3)9-11(20-17(26)22-5-7-27-8-6-22)16(25)21(4)13-12(23)10-28-14(13)15(19)24/h11,13-14H,5-10H2,1-4H3,(H2,19,24)(H,20,26)/t11-,13?,14?/m0/s1. The molecule has 2 aliphatic heterocycles. The van der Waals surface area contributed by atoms with Crippen molar-refractivity contribution in [3.63, 3.8) is 0 Å². The van der Waals surface area contributed by atoms with Crippen molar-refractivity contribution in [3.05, 3.63) is 0 Å². The van der Waals surface area contributed by atoms with Gasteiger partial charge in [0.05, 0.1) is 13.2 Å². The lowest BCUT2D eigenvalue weighted by molar-refractivity contribution is -0.141. The van der Waals surface area contributed by atoms with Gasteiger partial charge in [0.15, 0.2) is 11.9 Å². The Morgan fingerprint density at radius 1 is 1.29 bits per heavy atom. The normalized spacial score (nSPS) is 24.0. The second kappa shape index (κ2) is 8.87. The summed E-state index contributed by atoms with van der Waals surface area (Å²) in [5.41, 5.74) is 5.04. The molecule has 0 aromatic rings. The summed E-state index contributed by atoms with van der Waals surface area (Å²) in [5, 5.41) is 2.78. The average Bonchev–Trinajstić information content (AvgIpc) is 3.01. The fourth-order valence-corrected chi connectivity index (χ4v) is 3.38. The molecule has 2 heterocycles. The van der Waals surface area contributed by atoms with Crippen LogP contribution in [0.2, 0.25) is 0 Å². The molecular formula is C18H30N4O6. The molecular weight excluding hydrogens is 368 g/mol. The van der Waals surface area contributed by atoms with Gasteiger partial charge < -0.3 is 30.3 Å². The summed E-state index contributed by atoms with van der Waals surface area (Å²) in [6.07, 6.45) is -0.832. The molecule has 2 rings (SSSR count). The predicted octanol–water partition coefficient (Wildman–Crippen LogP) is -0.887. The first-order valence-corrected chi connectivity index (χ1v) is 9.35. The summed E-state index contributed by atoms with van der Waals surface area (Å²) in [6.45, 7) is 7.34. The fraction of sp³-hybridized carbons (Fsp3) is 0.778. The molecule has 0 aromatic carbocycles. The number of nitrogens with one attached hydrogen (secondary N) is 1. The van der Waals surface area contributed by atoms with Gasteiger partial charge in [-0.1, -0.05) is 20.8 Å². The minimum Gasteiger partial charge on any atom is -0.378 e. The van der Waals surface area contributed by atoms with E-state index in [2.05, 4.69) is 5.32 Å². The zero-order valence-corrected chi connectivity index (χ0v) is 16.9. The van der Waals surface area contributed by atoms with Crippen LogP contribution in [0.15, 0.2) is 0 Å². The largest absolute Gasteiger partial charge is 0.378 e. The van der Waals surface area contributed by atoms with E-state index in [9.17, 15) is 19.2 Å². The molecule has 3 N–H and O–H groups in total. The SMILES string of the molecule is CN(C(=O)[C@H](CC(C)(C)C)NC(=O)N1CCOCC1)C1C(=O)COC1C(N)=O. The van der Waals surface area contributed by atoms with E-state index in [1.807, 2.05) is 20.8 Å². The maximum absolute atomic E-state index is 13.1. The number of carbonyl (C=O) groups excluding carboxylic acids is 4. The van der Waals surface area contributed by atoms with E-state index >= 15 is 0 Å². The number of rotatable bonds is 5. The van der Waals surface area contributed by atoms with Gasteiger partial charge >= 0.3 is 6.03 Å². The van der Waals surface area contributed by atoms with Gasteiger partial charge in [-0.05, 0) is 11.8 Å². The number of urea groups is 1. The van der Waals surface area contributed by atoms with Crippen LogP contribution >= 0.6 is 0 Å². The highest BCUT2D eigenvalue weighted by atomic mass is 16.5. The average molecular weight is 398 g/mol. The number of Topliss-reactive ketones (excluding diaryl/α,β-unsaturated/α-hetero) is 1. The number of likely N-dealkylation sites (N-methyl/N-ethyl adjacent to an activating group) is 1. The van der Waals surface area contributed by atoms with Crippen LogP contribution in [0.1, 0.15) is 27.2 Å². The molecule has 10 nitrogen and oxygen atoms in total. The summed E-state index contributed by atoms with van der Waals surface area (Å²) in [7, 11) is 1.42. The number of ether oxygens (including phenoxy) is 2. The molecule has 158 valence electrons. The highest BCUT2D eigenvalue weighted by Gasteiger charge is 2.45. The second-order valence-corrected chi connectivity index (χ2v) is 8.36. The lowest BCUT2D eigenvalue weighted by atomic mass is 9.87. The highest BCUT2D eigenvalue weighted by Crippen LogP contribution is 2.24. The molecule has 3 atom stereocenters. The van der Waals surface area contributed by atoms with Crippen LogP contribution in [-0.2, 0) is 23.9 Å². The summed E-state index contributed by atoms with van der Waals surface area (Å²) in [4.78, 5) is 52.3. The van der Waals surface area contributed by atoms with Crippen molar-refractivity contribution in [1.82, 2.24) is 15.1 Å². The van der Waals surface area contributed by atoms with Crippen molar-refractivity contribution < 1.29 is 28.7 Å². The van der Waals surface area contributed by atoms with Crippen LogP contribution in [0, 0.1) is 5.41 Å². The number of ketones is 1. The Morgan fingerprint density at radius 2 is 1.89 bits per heavy atom. The molecule has 2 fully saturated rings. The summed E-state index contributed by atoms with van der Waals surface area (Å²) >= 11 is 0. The van der Waals surface area contributed by atoms with Crippen molar-refractivity contribution in [3.8, 4) is 0 Å². The van der Waals surface area contributed by atoms with E-state index in [-0.39, 0.29) is 18.1 Å². The van der Waals surface area contributed by atoms with Crippen LogP contribution < -0.4 is 11.1 Å². The maximum Gasteiger partial charge on any atom is 0.318 e. The summed E-state index contributed by atoms with van der Waals surface area (Å²) in [5.74, 6) is -1.67. The molecule has 0 radical (unpaired) electrons. The number of morpholine rings is 1. The highest BCUT2D eigenvalue weighted by molar-refractivity contribution is 5.99. The van der Waals surface area contributed by atoms with Crippen molar-refractivity contribution in [2.24, 2.45) is 11.1 Å². The number of carbonyl (C=O) groups is 4. The van der Waals surface area contributed by atoms with Gasteiger partial charge in [0.1, 0.15) is 18.7 Å². The molecule has 28 heavy (non-hydrogen) atoms. The van der Waals surface area contributed by atoms with Crippen LogP contribution in [0.25, 0.3) is 0 Å². The smallest absolute Gasteiger partial charge is 0.318 e. The molecule has 2 unspecified atom stereocenters. The van der Waals surface area contributed by atoms with E-state index in [0.717, 1.165) is 0 Å². The second-order valence-electron chi connectivity index (χ2n) is 8.36. The molecule has 4 amide bonds. The third-order valence-corrected chi connectivity index (χ3v) is 4.78. The summed E-state index contributed by atoms with van der Waals surface area (Å²) in [6, 6.07) is -2.31. The zero-order valence-electron chi connectivity index (χ0n) is 16.9. The Labute approximate surface area is 164 Å². The Morgan fingerprint density at radius 3 is 2.43 bits per heavy atom. The van der Waals surface area contributed by atoms with E-state index in [1.54, 1.807) is 4.90 Å². The minimum absolute atomic E-state index is 0.265. The number of nitrogens with zero attached hydrogens (tertiary/aromatic N) is 2. The van der Waals surface area contributed by atoms with Crippen LogP contribution in [0.5, 0.6) is 0 Å². The third kappa shape index (κ3) is 5.41. The first-order valence-electron chi connectivity index (χ1n) is 9.35. The first kappa shape index (κ1) is 22.1. The van der Waals surface area contributed by atoms with Gasteiger partial charge in [0.2, 0.25) is 11.8 Å². The molecule has 2 aliphatic rings. The van der Waals surface area contributed by atoms with Crippen LogP contribution in [0.4, 0.5) is 4.79 Å². The van der Waals surface area contributed by atoms with Crippen LogP contribution in [0.3, 0.4) is 0 Å². The maximum atomic E-state index is 13.1. The Hall–Kier alpha value is -2.20. The van der Waals surface area contributed by atoms with Crippen molar-refractivity contribution in [2.75, 3.05) is 40.0 Å². The molecule has 2 saturated heterocycles. The summed E-state index contributed by atoms with van der Waals surface area (Å²) < 4.78 is 10.4. The van der Waals surface area contributed by atoms with E-state index in [0.29, 0.717) is 32.7 Å².